The smallest absolute Gasteiger partial charge is 0.273 e. The highest BCUT2D eigenvalue weighted by molar-refractivity contribution is 6.33. The molecule has 0 radical (unpaired) electrons. The van der Waals surface area contributed by atoms with Gasteiger partial charge in [-0.05, 0) is 24.5 Å². The molecule has 6 heteroatoms. The number of nitrogens with one attached hydrogen (secondary N) is 1. The van der Waals surface area contributed by atoms with E-state index in [2.05, 4.69) is 10.3 Å². The Morgan fingerprint density at radius 3 is 2.95 bits per heavy atom. The maximum absolute atomic E-state index is 12.2. The molecular formula is C15H17ClN2O3. The first kappa shape index (κ1) is 15.5. The molecule has 2 aromatic rings. The molecule has 2 N–H and O–H groups in total. The number of aliphatic hydroxyl groups excluding tert-OH is 1. The standard InChI is InChI=1S/C15H17ClN2O3/c1-10(6-7-19)8-17-15(20)13-14(21-9-18-13)11-4-2-3-5-12(11)16/h2-5,9-10,19H,6-8H2,1H3,(H,17,20). The molecule has 0 bridgehead atoms. The van der Waals surface area contributed by atoms with Crippen LogP contribution < -0.4 is 5.32 Å². The average Bonchev–Trinajstić information content (AvgIpc) is 2.95. The lowest BCUT2D eigenvalue weighted by atomic mass is 10.1. The Kier molecular flexibility index (Phi) is 5.36. The molecule has 1 amide bonds. The third kappa shape index (κ3) is 3.83. The van der Waals surface area contributed by atoms with Crippen molar-refractivity contribution in [3.63, 3.8) is 0 Å². The number of halogens is 1. The third-order valence-electron chi connectivity index (χ3n) is 3.13. The fourth-order valence-electron chi connectivity index (χ4n) is 1.92. The van der Waals surface area contributed by atoms with Gasteiger partial charge in [0.05, 0.1) is 5.02 Å². The number of hydrogen-bond acceptors (Lipinski definition) is 4. The Morgan fingerprint density at radius 2 is 2.24 bits per heavy atom. The summed E-state index contributed by atoms with van der Waals surface area (Å²) < 4.78 is 5.31. The van der Waals surface area contributed by atoms with Crippen LogP contribution in [0.3, 0.4) is 0 Å². The first-order chi connectivity index (χ1) is 10.1. The third-order valence-corrected chi connectivity index (χ3v) is 3.46. The van der Waals surface area contributed by atoms with E-state index < -0.39 is 0 Å². The topological polar surface area (TPSA) is 75.4 Å². The minimum Gasteiger partial charge on any atom is -0.443 e. The van der Waals surface area contributed by atoms with Crippen LogP contribution in [0, 0.1) is 5.92 Å². The number of oxazole rings is 1. The van der Waals surface area contributed by atoms with Gasteiger partial charge >= 0.3 is 0 Å². The fourth-order valence-corrected chi connectivity index (χ4v) is 2.14. The van der Waals surface area contributed by atoms with Crippen LogP contribution in [-0.2, 0) is 0 Å². The van der Waals surface area contributed by atoms with E-state index in [4.69, 9.17) is 21.1 Å². The quantitative estimate of drug-likeness (QED) is 0.860. The lowest BCUT2D eigenvalue weighted by molar-refractivity contribution is 0.0941. The summed E-state index contributed by atoms with van der Waals surface area (Å²) >= 11 is 6.11. The van der Waals surface area contributed by atoms with E-state index in [1.165, 1.54) is 6.39 Å². The van der Waals surface area contributed by atoms with Crippen LogP contribution in [0.5, 0.6) is 0 Å². The van der Waals surface area contributed by atoms with Crippen molar-refractivity contribution >= 4 is 17.5 Å². The summed E-state index contributed by atoms with van der Waals surface area (Å²) in [5, 5.41) is 12.1. The summed E-state index contributed by atoms with van der Waals surface area (Å²) in [6.07, 6.45) is 1.86. The van der Waals surface area contributed by atoms with Crippen molar-refractivity contribution in [1.29, 1.82) is 0 Å². The predicted molar refractivity (Wildman–Crippen MR) is 80.1 cm³/mol. The zero-order valence-electron chi connectivity index (χ0n) is 11.7. The summed E-state index contributed by atoms with van der Waals surface area (Å²) in [5.41, 5.74) is 0.838. The molecule has 0 aliphatic heterocycles. The van der Waals surface area contributed by atoms with Crippen molar-refractivity contribution in [1.82, 2.24) is 10.3 Å². The Labute approximate surface area is 128 Å². The SMILES string of the molecule is CC(CCO)CNC(=O)c1ncoc1-c1ccccc1Cl. The van der Waals surface area contributed by atoms with Crippen molar-refractivity contribution in [3.05, 3.63) is 41.4 Å². The van der Waals surface area contributed by atoms with Crippen molar-refractivity contribution in [2.45, 2.75) is 13.3 Å². The Bertz CT molecular complexity index is 612. The molecule has 1 aromatic carbocycles. The summed E-state index contributed by atoms with van der Waals surface area (Å²) in [7, 11) is 0. The van der Waals surface area contributed by atoms with E-state index in [-0.39, 0.29) is 24.1 Å². The van der Waals surface area contributed by atoms with E-state index in [9.17, 15) is 4.79 Å². The molecule has 112 valence electrons. The molecule has 0 fully saturated rings. The van der Waals surface area contributed by atoms with Gasteiger partial charge in [-0.25, -0.2) is 4.98 Å². The van der Waals surface area contributed by atoms with Crippen molar-refractivity contribution in [2.24, 2.45) is 5.92 Å². The molecule has 5 nitrogen and oxygen atoms in total. The van der Waals surface area contributed by atoms with Gasteiger partial charge in [0.15, 0.2) is 17.8 Å². The largest absolute Gasteiger partial charge is 0.443 e. The molecule has 0 saturated heterocycles. The number of aromatic nitrogens is 1. The monoisotopic (exact) mass is 308 g/mol. The first-order valence-corrected chi connectivity index (χ1v) is 7.08. The van der Waals surface area contributed by atoms with E-state index in [1.807, 2.05) is 13.0 Å². The number of carbonyl (C=O) groups is 1. The second-order valence-electron chi connectivity index (χ2n) is 4.84. The minimum absolute atomic E-state index is 0.103. The molecule has 0 aliphatic rings. The van der Waals surface area contributed by atoms with Crippen LogP contribution in [-0.4, -0.2) is 29.1 Å². The number of benzene rings is 1. The minimum atomic E-state index is -0.316. The number of carbonyl (C=O) groups excluding carboxylic acids is 1. The van der Waals surface area contributed by atoms with Crippen LogP contribution in [0.15, 0.2) is 35.1 Å². The van der Waals surface area contributed by atoms with E-state index in [0.717, 1.165) is 0 Å². The zero-order valence-corrected chi connectivity index (χ0v) is 12.4. The number of amides is 1. The van der Waals surface area contributed by atoms with Gasteiger partial charge < -0.3 is 14.8 Å². The second-order valence-corrected chi connectivity index (χ2v) is 5.24. The fraction of sp³-hybridized carbons (Fsp3) is 0.333. The lowest BCUT2D eigenvalue weighted by Gasteiger charge is -2.10. The van der Waals surface area contributed by atoms with Crippen LogP contribution in [0.1, 0.15) is 23.8 Å². The number of hydrogen-bond donors (Lipinski definition) is 2. The molecule has 1 unspecified atom stereocenters. The molecule has 1 aromatic heterocycles. The Balaban J connectivity index is 2.13. The van der Waals surface area contributed by atoms with Gasteiger partial charge in [-0.2, -0.15) is 0 Å². The highest BCUT2D eigenvalue weighted by atomic mass is 35.5. The van der Waals surface area contributed by atoms with Crippen molar-refractivity contribution in [2.75, 3.05) is 13.2 Å². The van der Waals surface area contributed by atoms with Crippen LogP contribution in [0.2, 0.25) is 5.02 Å². The molecule has 1 heterocycles. The highest BCUT2D eigenvalue weighted by Crippen LogP contribution is 2.29. The van der Waals surface area contributed by atoms with E-state index in [1.54, 1.807) is 18.2 Å². The van der Waals surface area contributed by atoms with Crippen molar-refractivity contribution < 1.29 is 14.3 Å². The molecular weight excluding hydrogens is 292 g/mol. The zero-order chi connectivity index (χ0) is 15.2. The van der Waals surface area contributed by atoms with Gasteiger partial charge in [0.2, 0.25) is 0 Å². The van der Waals surface area contributed by atoms with Crippen LogP contribution in [0.4, 0.5) is 0 Å². The normalized spacial score (nSPS) is 12.1. The molecule has 0 aliphatic carbocycles. The Hall–Kier alpha value is -1.85. The Morgan fingerprint density at radius 1 is 1.48 bits per heavy atom. The number of rotatable bonds is 6. The maximum atomic E-state index is 12.2. The van der Waals surface area contributed by atoms with E-state index in [0.29, 0.717) is 29.3 Å². The van der Waals surface area contributed by atoms with Gasteiger partial charge in [0.25, 0.3) is 5.91 Å². The van der Waals surface area contributed by atoms with Crippen LogP contribution in [0.25, 0.3) is 11.3 Å². The molecule has 1 atom stereocenters. The van der Waals surface area contributed by atoms with Crippen LogP contribution >= 0.6 is 11.6 Å². The van der Waals surface area contributed by atoms with E-state index >= 15 is 0 Å². The maximum Gasteiger partial charge on any atom is 0.273 e. The van der Waals surface area contributed by atoms with Gasteiger partial charge in [-0.15, -0.1) is 0 Å². The molecule has 0 spiro atoms. The summed E-state index contributed by atoms with van der Waals surface area (Å²) in [6, 6.07) is 7.12. The molecule has 21 heavy (non-hydrogen) atoms. The predicted octanol–water partition coefficient (Wildman–Crippen LogP) is 2.74. The molecule has 0 saturated carbocycles. The van der Waals surface area contributed by atoms with Gasteiger partial charge in [0.1, 0.15) is 0 Å². The summed E-state index contributed by atoms with van der Waals surface area (Å²) in [4.78, 5) is 16.2. The van der Waals surface area contributed by atoms with Gasteiger partial charge in [0, 0.05) is 18.7 Å². The summed E-state index contributed by atoms with van der Waals surface area (Å²) in [5.74, 6) is 0.228. The molecule has 2 rings (SSSR count). The van der Waals surface area contributed by atoms with Crippen molar-refractivity contribution in [3.8, 4) is 11.3 Å². The number of aliphatic hydroxyl groups is 1. The van der Waals surface area contributed by atoms with Gasteiger partial charge in [-0.1, -0.05) is 30.7 Å². The lowest BCUT2D eigenvalue weighted by Crippen LogP contribution is -2.29. The summed E-state index contributed by atoms with van der Waals surface area (Å²) in [6.45, 7) is 2.52. The second kappa shape index (κ2) is 7.24. The van der Waals surface area contributed by atoms with Gasteiger partial charge in [-0.3, -0.25) is 4.79 Å². The average molecular weight is 309 g/mol. The highest BCUT2D eigenvalue weighted by Gasteiger charge is 2.20. The first-order valence-electron chi connectivity index (χ1n) is 6.71. The number of nitrogens with zero attached hydrogens (tertiary/aromatic N) is 1.